The van der Waals surface area contributed by atoms with Crippen molar-refractivity contribution in [2.75, 3.05) is 13.2 Å². The highest BCUT2D eigenvalue weighted by molar-refractivity contribution is 8.23. The van der Waals surface area contributed by atoms with Gasteiger partial charge >= 0.3 is 5.97 Å². The number of thiocarbonyl (C=S) groups is 1. The van der Waals surface area contributed by atoms with Crippen LogP contribution in [0.15, 0.2) is 0 Å². The van der Waals surface area contributed by atoms with Crippen LogP contribution in [0, 0.1) is 16.2 Å². The normalized spacial score (nSPS) is 22.6. The van der Waals surface area contributed by atoms with E-state index in [0.29, 0.717) is 17.6 Å². The van der Waals surface area contributed by atoms with Gasteiger partial charge in [-0.05, 0) is 36.4 Å². The molecule has 0 spiro atoms. The molecule has 1 aliphatic rings. The highest BCUT2D eigenvalue weighted by atomic mass is 32.2. The van der Waals surface area contributed by atoms with E-state index in [1.54, 1.807) is 0 Å². The van der Waals surface area contributed by atoms with Crippen molar-refractivity contribution in [1.29, 1.82) is 0 Å². The molecular weight excluding hydrogens is 304 g/mol. The van der Waals surface area contributed by atoms with Crippen LogP contribution in [-0.2, 0) is 14.3 Å². The van der Waals surface area contributed by atoms with Crippen LogP contribution in [0.25, 0.3) is 0 Å². The Morgan fingerprint density at radius 3 is 2.24 bits per heavy atom. The molecular formula is C16H28O3S2. The molecule has 1 fully saturated rings. The summed E-state index contributed by atoms with van der Waals surface area (Å²) in [6.45, 7) is 15.7. The Balaban J connectivity index is 2.74. The third kappa shape index (κ3) is 5.13. The van der Waals surface area contributed by atoms with Crippen LogP contribution in [0.1, 0.15) is 54.9 Å². The fourth-order valence-corrected chi connectivity index (χ4v) is 3.64. The van der Waals surface area contributed by atoms with Crippen LogP contribution in [0.3, 0.4) is 0 Å². The molecule has 122 valence electrons. The van der Waals surface area contributed by atoms with Crippen molar-refractivity contribution in [3.63, 3.8) is 0 Å². The van der Waals surface area contributed by atoms with E-state index in [2.05, 4.69) is 41.5 Å². The van der Waals surface area contributed by atoms with E-state index >= 15 is 0 Å². The molecule has 2 unspecified atom stereocenters. The molecule has 0 bridgehead atoms. The minimum atomic E-state index is -0.518. The molecule has 2 atom stereocenters. The maximum atomic E-state index is 12.7. The van der Waals surface area contributed by atoms with E-state index in [4.69, 9.17) is 21.7 Å². The van der Waals surface area contributed by atoms with Gasteiger partial charge in [0.1, 0.15) is 13.2 Å². The van der Waals surface area contributed by atoms with Gasteiger partial charge in [-0.3, -0.25) is 4.79 Å². The predicted molar refractivity (Wildman–Crippen MR) is 92.5 cm³/mol. The second-order valence-corrected chi connectivity index (χ2v) is 10.1. The monoisotopic (exact) mass is 332 g/mol. The van der Waals surface area contributed by atoms with Crippen molar-refractivity contribution in [3.05, 3.63) is 0 Å². The van der Waals surface area contributed by atoms with Gasteiger partial charge in [0.2, 0.25) is 4.38 Å². The highest BCUT2D eigenvalue weighted by Crippen LogP contribution is 2.47. The number of hydrogen-bond acceptors (Lipinski definition) is 5. The quantitative estimate of drug-likeness (QED) is 0.562. The fourth-order valence-electron chi connectivity index (χ4n) is 2.48. The molecule has 1 saturated heterocycles. The Morgan fingerprint density at radius 1 is 1.29 bits per heavy atom. The third-order valence-electron chi connectivity index (χ3n) is 4.04. The smallest absolute Gasteiger partial charge is 0.312 e. The van der Waals surface area contributed by atoms with E-state index in [9.17, 15) is 4.79 Å². The molecule has 0 saturated carbocycles. The number of carbonyl (C=O) groups excluding carboxylic acids is 1. The fraction of sp³-hybridized carbons (Fsp3) is 0.875. The van der Waals surface area contributed by atoms with Crippen LogP contribution < -0.4 is 0 Å². The SMILES string of the molecule is CC(C)(C)CC(C)(C(=O)OCC1COC(=S)S1)C(C)(C)C. The summed E-state index contributed by atoms with van der Waals surface area (Å²) in [6, 6.07) is 0. The lowest BCUT2D eigenvalue weighted by atomic mass is 9.61. The minimum absolute atomic E-state index is 0.0633. The second kappa shape index (κ2) is 6.45. The van der Waals surface area contributed by atoms with Gasteiger partial charge in [0, 0.05) is 0 Å². The summed E-state index contributed by atoms with van der Waals surface area (Å²) >= 11 is 6.45. The Labute approximate surface area is 138 Å². The van der Waals surface area contributed by atoms with Gasteiger partial charge in [0.15, 0.2) is 0 Å². The molecule has 1 aliphatic heterocycles. The van der Waals surface area contributed by atoms with Gasteiger partial charge in [-0.15, -0.1) is 0 Å². The summed E-state index contributed by atoms with van der Waals surface area (Å²) in [7, 11) is 0. The molecule has 0 radical (unpaired) electrons. The first-order valence-corrected chi connectivity index (χ1v) is 8.65. The zero-order valence-electron chi connectivity index (χ0n) is 14.2. The predicted octanol–water partition coefficient (Wildman–Crippen LogP) is 4.44. The molecule has 21 heavy (non-hydrogen) atoms. The lowest BCUT2D eigenvalue weighted by Gasteiger charge is -2.43. The summed E-state index contributed by atoms with van der Waals surface area (Å²) in [6.07, 6.45) is 0.787. The maximum Gasteiger partial charge on any atom is 0.312 e. The average Bonchev–Trinajstić information content (AvgIpc) is 2.68. The molecule has 1 rings (SSSR count). The summed E-state index contributed by atoms with van der Waals surface area (Å²) < 4.78 is 11.4. The van der Waals surface area contributed by atoms with Gasteiger partial charge in [-0.25, -0.2) is 0 Å². The van der Waals surface area contributed by atoms with E-state index in [-0.39, 0.29) is 22.0 Å². The molecule has 1 heterocycles. The highest BCUT2D eigenvalue weighted by Gasteiger charge is 2.47. The average molecular weight is 333 g/mol. The molecule has 3 nitrogen and oxygen atoms in total. The number of rotatable bonds is 4. The summed E-state index contributed by atoms with van der Waals surface area (Å²) in [4.78, 5) is 12.7. The van der Waals surface area contributed by atoms with E-state index in [1.807, 2.05) is 6.92 Å². The Kier molecular flexibility index (Phi) is 5.76. The number of hydrogen-bond donors (Lipinski definition) is 0. The molecule has 0 aliphatic carbocycles. The van der Waals surface area contributed by atoms with Crippen molar-refractivity contribution < 1.29 is 14.3 Å². The number of ether oxygens (including phenoxy) is 2. The molecule has 0 aromatic rings. The Hall–Kier alpha value is -0.290. The third-order valence-corrected chi connectivity index (χ3v) is 5.36. The number of thioether (sulfide) groups is 1. The van der Waals surface area contributed by atoms with Gasteiger partial charge in [-0.1, -0.05) is 53.3 Å². The van der Waals surface area contributed by atoms with E-state index in [1.165, 1.54) is 11.8 Å². The van der Waals surface area contributed by atoms with E-state index in [0.717, 1.165) is 6.42 Å². The zero-order valence-corrected chi connectivity index (χ0v) is 15.9. The van der Waals surface area contributed by atoms with Gasteiger partial charge in [-0.2, -0.15) is 0 Å². The molecule has 0 aromatic heterocycles. The van der Waals surface area contributed by atoms with Crippen LogP contribution in [0.2, 0.25) is 0 Å². The lowest BCUT2D eigenvalue weighted by Crippen LogP contribution is -2.44. The molecule has 0 aromatic carbocycles. The summed E-state index contributed by atoms with van der Waals surface area (Å²) in [5, 5.41) is 0.125. The number of esters is 1. The summed E-state index contributed by atoms with van der Waals surface area (Å²) in [5.41, 5.74) is -0.615. The first kappa shape index (κ1) is 18.8. The first-order chi connectivity index (χ1) is 9.35. The summed E-state index contributed by atoms with van der Waals surface area (Å²) in [5.74, 6) is -0.122. The Bertz CT molecular complexity index is 407. The Morgan fingerprint density at radius 2 is 1.86 bits per heavy atom. The maximum absolute atomic E-state index is 12.7. The first-order valence-electron chi connectivity index (χ1n) is 7.36. The van der Waals surface area contributed by atoms with Crippen molar-refractivity contribution >= 4 is 34.3 Å². The standard InChI is InChI=1S/C16H28O3S2/c1-14(2,3)10-16(7,15(4,5)6)12(17)18-8-11-9-19-13(20)21-11/h11H,8-10H2,1-7H3. The van der Waals surface area contributed by atoms with Crippen molar-refractivity contribution in [2.45, 2.75) is 60.1 Å². The van der Waals surface area contributed by atoms with Gasteiger partial charge in [0.05, 0.1) is 10.7 Å². The van der Waals surface area contributed by atoms with E-state index < -0.39 is 5.41 Å². The largest absolute Gasteiger partial charge is 0.477 e. The van der Waals surface area contributed by atoms with Crippen LogP contribution in [0.5, 0.6) is 0 Å². The van der Waals surface area contributed by atoms with Crippen LogP contribution in [0.4, 0.5) is 0 Å². The topological polar surface area (TPSA) is 35.5 Å². The van der Waals surface area contributed by atoms with Crippen molar-refractivity contribution in [2.24, 2.45) is 16.2 Å². The molecule has 0 amide bonds. The van der Waals surface area contributed by atoms with Crippen LogP contribution in [-0.4, -0.2) is 28.8 Å². The number of carbonyl (C=O) groups is 1. The minimum Gasteiger partial charge on any atom is -0.477 e. The van der Waals surface area contributed by atoms with Crippen molar-refractivity contribution in [3.8, 4) is 0 Å². The zero-order chi connectivity index (χ0) is 16.5. The second-order valence-electron chi connectivity index (χ2n) is 8.22. The van der Waals surface area contributed by atoms with Gasteiger partial charge < -0.3 is 9.47 Å². The van der Waals surface area contributed by atoms with Crippen LogP contribution >= 0.6 is 24.0 Å². The molecule has 5 heteroatoms. The molecule has 0 N–H and O–H groups in total. The lowest BCUT2D eigenvalue weighted by molar-refractivity contribution is -0.164. The van der Waals surface area contributed by atoms with Gasteiger partial charge in [0.25, 0.3) is 0 Å². The van der Waals surface area contributed by atoms with Crippen molar-refractivity contribution in [1.82, 2.24) is 0 Å².